The van der Waals surface area contributed by atoms with Gasteiger partial charge in [-0.25, -0.2) is 15.0 Å². The van der Waals surface area contributed by atoms with Gasteiger partial charge in [-0.3, -0.25) is 0 Å². The van der Waals surface area contributed by atoms with E-state index in [-0.39, 0.29) is 0 Å². The lowest BCUT2D eigenvalue weighted by atomic mass is 10.1. The number of aromatic nitrogens is 3. The van der Waals surface area contributed by atoms with Gasteiger partial charge in [0.15, 0.2) is 17.5 Å². The summed E-state index contributed by atoms with van der Waals surface area (Å²) in [4.78, 5) is 12.8. The summed E-state index contributed by atoms with van der Waals surface area (Å²) in [6, 6.07) is 0. The van der Waals surface area contributed by atoms with Gasteiger partial charge in [0.25, 0.3) is 0 Å². The Bertz CT molecular complexity index is 484. The number of rotatable bonds is 6. The van der Waals surface area contributed by atoms with Gasteiger partial charge in [0.05, 0.1) is 18.8 Å². The summed E-state index contributed by atoms with van der Waals surface area (Å²) in [5.41, 5.74) is 1.67. The Morgan fingerprint density at radius 2 is 0.905 bits per heavy atom. The number of nitrogens with zero attached hydrogens (tertiary/aromatic N) is 3. The third-order valence-electron chi connectivity index (χ3n) is 3.11. The normalized spacial score (nSPS) is 13.6. The van der Waals surface area contributed by atoms with Crippen LogP contribution in [0.25, 0.3) is 16.7 Å². The highest BCUT2D eigenvalue weighted by Crippen LogP contribution is 2.21. The minimum Gasteiger partial charge on any atom is -0.515 e. The zero-order chi connectivity index (χ0) is 15.8. The molecule has 1 rings (SSSR count). The number of hydrogen-bond acceptors (Lipinski definition) is 6. The second-order valence-electron chi connectivity index (χ2n) is 4.33. The van der Waals surface area contributed by atoms with Crippen molar-refractivity contribution in [1.82, 2.24) is 15.0 Å². The van der Waals surface area contributed by atoms with Crippen molar-refractivity contribution >= 4 is 16.7 Å². The summed E-state index contributed by atoms with van der Waals surface area (Å²) in [6.45, 7) is 5.61. The molecule has 0 aromatic carbocycles. The van der Waals surface area contributed by atoms with E-state index in [1.807, 2.05) is 20.8 Å². The van der Waals surface area contributed by atoms with Crippen LogP contribution in [0.4, 0.5) is 0 Å². The second kappa shape index (κ2) is 8.04. The van der Waals surface area contributed by atoms with E-state index in [1.54, 1.807) is 0 Å². The van der Waals surface area contributed by atoms with Gasteiger partial charge < -0.3 is 15.3 Å². The smallest absolute Gasteiger partial charge is 0.163 e. The molecule has 3 N–H and O–H groups in total. The van der Waals surface area contributed by atoms with Gasteiger partial charge in [0, 0.05) is 16.7 Å². The molecule has 6 nitrogen and oxygen atoms in total. The first-order chi connectivity index (χ1) is 10.1. The number of aliphatic hydroxyl groups is 3. The average Bonchev–Trinajstić information content (AvgIpc) is 2.51. The molecule has 21 heavy (non-hydrogen) atoms. The van der Waals surface area contributed by atoms with Crippen molar-refractivity contribution in [1.29, 1.82) is 0 Å². The summed E-state index contributed by atoms with van der Waals surface area (Å²) >= 11 is 0. The molecular formula is C15H21N3O3. The van der Waals surface area contributed by atoms with Crippen LogP contribution in [0, 0.1) is 0 Å². The Morgan fingerprint density at radius 3 is 1.05 bits per heavy atom. The van der Waals surface area contributed by atoms with Crippen LogP contribution in [0.15, 0.2) is 18.8 Å². The van der Waals surface area contributed by atoms with E-state index in [1.165, 1.54) is 0 Å². The largest absolute Gasteiger partial charge is 0.515 e. The van der Waals surface area contributed by atoms with Crippen molar-refractivity contribution in [2.45, 2.75) is 40.0 Å². The van der Waals surface area contributed by atoms with Crippen LogP contribution in [0.3, 0.4) is 0 Å². The molecule has 6 heteroatoms. The fraction of sp³-hybridized carbons (Fsp3) is 0.400. The first kappa shape index (κ1) is 16.7. The highest BCUT2D eigenvalue weighted by molar-refractivity contribution is 5.66. The highest BCUT2D eigenvalue weighted by atomic mass is 16.2. The molecule has 1 aromatic heterocycles. The predicted molar refractivity (Wildman–Crippen MR) is 82.5 cm³/mol. The lowest BCUT2D eigenvalue weighted by Gasteiger charge is -2.10. The van der Waals surface area contributed by atoms with Gasteiger partial charge in [0.2, 0.25) is 0 Å². The Kier molecular flexibility index (Phi) is 6.39. The minimum absolute atomic E-state index is 0.334. The molecule has 0 radical (unpaired) electrons. The average molecular weight is 291 g/mol. The molecule has 1 aromatic rings. The molecule has 0 aliphatic heterocycles. The number of aliphatic hydroxyl groups excluding tert-OH is 3. The third-order valence-corrected chi connectivity index (χ3v) is 3.11. The molecule has 114 valence electrons. The zero-order valence-corrected chi connectivity index (χ0v) is 12.5. The first-order valence-corrected chi connectivity index (χ1v) is 6.91. The maximum atomic E-state index is 9.28. The lowest BCUT2D eigenvalue weighted by Crippen LogP contribution is -2.07. The van der Waals surface area contributed by atoms with Crippen LogP contribution >= 0.6 is 0 Å². The molecule has 0 unspecified atom stereocenters. The van der Waals surface area contributed by atoms with E-state index in [0.717, 1.165) is 18.8 Å². The SMILES string of the molecule is CC/C(=C/O)c1nc(/C(=C\O)CC)nc(/C(=C/O)CC)n1. The van der Waals surface area contributed by atoms with Crippen LogP contribution in [-0.2, 0) is 0 Å². The zero-order valence-electron chi connectivity index (χ0n) is 12.5. The molecule has 0 saturated heterocycles. The molecule has 0 fully saturated rings. The molecule has 0 aliphatic carbocycles. The van der Waals surface area contributed by atoms with Crippen molar-refractivity contribution in [2.24, 2.45) is 0 Å². The van der Waals surface area contributed by atoms with Crippen molar-refractivity contribution in [3.8, 4) is 0 Å². The van der Waals surface area contributed by atoms with Crippen molar-refractivity contribution in [3.63, 3.8) is 0 Å². The number of hydrogen-bond donors (Lipinski definition) is 3. The predicted octanol–water partition coefficient (Wildman–Crippen LogP) is 3.80. The van der Waals surface area contributed by atoms with E-state index in [2.05, 4.69) is 15.0 Å². The topological polar surface area (TPSA) is 99.4 Å². The standard InChI is InChI=1S/C15H21N3O3/c1-4-10(7-19)13-16-14(11(5-2)8-20)18-15(17-13)12(6-3)9-21/h7-9,19-21H,4-6H2,1-3H3/b10-7-,11-8-,12-9+. The summed E-state index contributed by atoms with van der Waals surface area (Å²) in [5.74, 6) is 1.00. The summed E-state index contributed by atoms with van der Waals surface area (Å²) in [6.07, 6.45) is 4.54. The van der Waals surface area contributed by atoms with E-state index in [9.17, 15) is 15.3 Å². The molecule has 1 heterocycles. The molecule has 0 amide bonds. The summed E-state index contributed by atoms with van der Waals surface area (Å²) in [7, 11) is 0. The van der Waals surface area contributed by atoms with Crippen LogP contribution in [0.1, 0.15) is 57.5 Å². The molecule has 0 spiro atoms. The fourth-order valence-electron chi connectivity index (χ4n) is 1.73. The van der Waals surface area contributed by atoms with Crippen molar-refractivity contribution in [3.05, 3.63) is 36.3 Å². The summed E-state index contributed by atoms with van der Waals surface area (Å²) < 4.78 is 0. The van der Waals surface area contributed by atoms with Crippen LogP contribution in [0.5, 0.6) is 0 Å². The van der Waals surface area contributed by atoms with Gasteiger partial charge in [-0.05, 0) is 19.3 Å². The Labute approximate surface area is 124 Å². The highest BCUT2D eigenvalue weighted by Gasteiger charge is 2.14. The second-order valence-corrected chi connectivity index (χ2v) is 4.33. The monoisotopic (exact) mass is 291 g/mol. The molecule has 0 atom stereocenters. The quantitative estimate of drug-likeness (QED) is 0.689. The van der Waals surface area contributed by atoms with Gasteiger partial charge >= 0.3 is 0 Å². The fourth-order valence-corrected chi connectivity index (χ4v) is 1.73. The van der Waals surface area contributed by atoms with Crippen molar-refractivity contribution in [2.75, 3.05) is 0 Å². The molecule has 0 aliphatic rings. The van der Waals surface area contributed by atoms with Crippen LogP contribution in [-0.4, -0.2) is 30.3 Å². The first-order valence-electron chi connectivity index (χ1n) is 6.91. The van der Waals surface area contributed by atoms with E-state index >= 15 is 0 Å². The van der Waals surface area contributed by atoms with Crippen LogP contribution < -0.4 is 0 Å². The molecule has 0 bridgehead atoms. The molecular weight excluding hydrogens is 270 g/mol. The maximum absolute atomic E-state index is 9.28. The third kappa shape index (κ3) is 3.81. The summed E-state index contributed by atoms with van der Waals surface area (Å²) in [5, 5.41) is 27.8. The number of allylic oxidation sites excluding steroid dienone is 3. The van der Waals surface area contributed by atoms with Crippen molar-refractivity contribution < 1.29 is 15.3 Å². The van der Waals surface area contributed by atoms with Gasteiger partial charge in [-0.15, -0.1) is 0 Å². The van der Waals surface area contributed by atoms with Crippen LogP contribution in [0.2, 0.25) is 0 Å². The molecule has 0 saturated carbocycles. The van der Waals surface area contributed by atoms with E-state index in [0.29, 0.717) is 53.5 Å². The van der Waals surface area contributed by atoms with E-state index < -0.39 is 0 Å². The lowest BCUT2D eigenvalue weighted by molar-refractivity contribution is 0.473. The maximum Gasteiger partial charge on any atom is 0.163 e. The van der Waals surface area contributed by atoms with Gasteiger partial charge in [-0.2, -0.15) is 0 Å². The van der Waals surface area contributed by atoms with Gasteiger partial charge in [-0.1, -0.05) is 20.8 Å². The van der Waals surface area contributed by atoms with E-state index in [4.69, 9.17) is 0 Å². The Hall–Kier alpha value is -2.37. The minimum atomic E-state index is 0.334. The van der Waals surface area contributed by atoms with Gasteiger partial charge in [0.1, 0.15) is 0 Å². The Balaban J connectivity index is 3.53. The Morgan fingerprint density at radius 1 is 0.667 bits per heavy atom.